The van der Waals surface area contributed by atoms with Crippen LogP contribution in [0.4, 0.5) is 0 Å². The van der Waals surface area contributed by atoms with Gasteiger partial charge in [-0.05, 0) is 41.5 Å². The number of ether oxygens (including phenoxy) is 2. The molecular weight excluding hydrogens is 442 g/mol. The van der Waals surface area contributed by atoms with Gasteiger partial charge in [-0.2, -0.15) is 0 Å². The van der Waals surface area contributed by atoms with Gasteiger partial charge in [0.05, 0.1) is 31.2 Å². The van der Waals surface area contributed by atoms with Crippen molar-refractivity contribution in [3.63, 3.8) is 0 Å². The standard InChI is InChI=1S/C26H20ClNO5/c1-31-20-12-11-15(13-21(20)32-2)23-22-24(29)17-8-4-6-10-19(17)33-25(22)26(30)28(23)14-16-7-3-5-9-18(16)27/h3-13,23H,14H2,1-2H3. The first kappa shape index (κ1) is 21.1. The maximum absolute atomic E-state index is 13.6. The van der Waals surface area contributed by atoms with Gasteiger partial charge in [0.15, 0.2) is 16.9 Å². The molecule has 2 heterocycles. The van der Waals surface area contributed by atoms with Crippen molar-refractivity contribution in [1.82, 2.24) is 4.90 Å². The molecule has 0 aliphatic carbocycles. The van der Waals surface area contributed by atoms with E-state index in [-0.39, 0.29) is 23.6 Å². The van der Waals surface area contributed by atoms with Gasteiger partial charge in [-0.25, -0.2) is 0 Å². The molecule has 3 aromatic carbocycles. The second-order valence-electron chi connectivity index (χ2n) is 7.71. The van der Waals surface area contributed by atoms with Gasteiger partial charge in [0.2, 0.25) is 5.76 Å². The molecule has 0 N–H and O–H groups in total. The van der Waals surface area contributed by atoms with E-state index in [2.05, 4.69) is 0 Å². The summed E-state index contributed by atoms with van der Waals surface area (Å²) in [4.78, 5) is 28.7. The summed E-state index contributed by atoms with van der Waals surface area (Å²) in [7, 11) is 3.09. The molecule has 1 aromatic heterocycles. The van der Waals surface area contributed by atoms with Gasteiger partial charge < -0.3 is 18.8 Å². The van der Waals surface area contributed by atoms with Crippen molar-refractivity contribution in [2.24, 2.45) is 0 Å². The number of nitrogens with zero attached hydrogens (tertiary/aromatic N) is 1. The van der Waals surface area contributed by atoms with Gasteiger partial charge in [-0.1, -0.05) is 48.0 Å². The van der Waals surface area contributed by atoms with Gasteiger partial charge >= 0.3 is 0 Å². The second kappa shape index (κ2) is 8.30. The molecule has 0 radical (unpaired) electrons. The molecule has 0 bridgehead atoms. The fourth-order valence-corrected chi connectivity index (χ4v) is 4.51. The quantitative estimate of drug-likeness (QED) is 0.408. The van der Waals surface area contributed by atoms with Gasteiger partial charge in [0, 0.05) is 11.6 Å². The van der Waals surface area contributed by atoms with Gasteiger partial charge in [-0.3, -0.25) is 9.59 Å². The Morgan fingerprint density at radius 2 is 1.67 bits per heavy atom. The Morgan fingerprint density at radius 3 is 2.42 bits per heavy atom. The number of methoxy groups -OCH3 is 2. The van der Waals surface area contributed by atoms with Crippen molar-refractivity contribution < 1.29 is 18.7 Å². The maximum atomic E-state index is 13.6. The molecule has 0 fully saturated rings. The molecule has 0 spiro atoms. The molecule has 166 valence electrons. The highest BCUT2D eigenvalue weighted by atomic mass is 35.5. The highest BCUT2D eigenvalue weighted by Gasteiger charge is 2.43. The highest BCUT2D eigenvalue weighted by Crippen LogP contribution is 2.42. The van der Waals surface area contributed by atoms with Crippen LogP contribution in [0.1, 0.15) is 33.3 Å². The van der Waals surface area contributed by atoms with E-state index in [0.29, 0.717) is 38.6 Å². The van der Waals surface area contributed by atoms with Crippen molar-refractivity contribution >= 4 is 28.5 Å². The number of amides is 1. The van der Waals surface area contributed by atoms with Crippen molar-refractivity contribution in [3.05, 3.63) is 104 Å². The van der Waals surface area contributed by atoms with E-state index < -0.39 is 6.04 Å². The van der Waals surface area contributed by atoms with Crippen LogP contribution in [-0.2, 0) is 6.54 Å². The number of rotatable bonds is 5. The second-order valence-corrected chi connectivity index (χ2v) is 8.12. The maximum Gasteiger partial charge on any atom is 0.291 e. The van der Waals surface area contributed by atoms with Crippen molar-refractivity contribution in [2.45, 2.75) is 12.6 Å². The zero-order valence-corrected chi connectivity index (χ0v) is 18.8. The summed E-state index contributed by atoms with van der Waals surface area (Å²) in [5.41, 5.74) is 1.91. The minimum absolute atomic E-state index is 0.0468. The molecule has 5 rings (SSSR count). The Labute approximate surface area is 194 Å². The van der Waals surface area contributed by atoms with Crippen LogP contribution in [0.2, 0.25) is 5.02 Å². The van der Waals surface area contributed by atoms with Gasteiger partial charge in [0.25, 0.3) is 5.91 Å². The molecule has 0 saturated carbocycles. The summed E-state index contributed by atoms with van der Waals surface area (Å²) in [5.74, 6) is 0.728. The van der Waals surface area contributed by atoms with E-state index in [1.54, 1.807) is 61.6 Å². The monoisotopic (exact) mass is 461 g/mol. The molecular formula is C26H20ClNO5. The number of hydrogen-bond acceptors (Lipinski definition) is 5. The SMILES string of the molecule is COc1ccc(C2c3c(oc4ccccc4c3=O)C(=O)N2Cc2ccccc2Cl)cc1OC. The minimum atomic E-state index is -0.676. The predicted molar refractivity (Wildman–Crippen MR) is 125 cm³/mol. The first-order chi connectivity index (χ1) is 16.0. The van der Waals surface area contributed by atoms with Crippen molar-refractivity contribution in [2.75, 3.05) is 14.2 Å². The number of carbonyl (C=O) groups is 1. The Kier molecular flexibility index (Phi) is 5.30. The number of carbonyl (C=O) groups excluding carboxylic acids is 1. The Balaban J connectivity index is 1.74. The van der Waals surface area contributed by atoms with E-state index in [1.807, 2.05) is 24.3 Å². The summed E-state index contributed by atoms with van der Waals surface area (Å²) in [5, 5.41) is 0.964. The van der Waals surface area contributed by atoms with Crippen LogP contribution in [0.3, 0.4) is 0 Å². The third-order valence-electron chi connectivity index (χ3n) is 5.90. The summed E-state index contributed by atoms with van der Waals surface area (Å²) in [6.45, 7) is 0.206. The third-order valence-corrected chi connectivity index (χ3v) is 6.26. The molecule has 1 unspecified atom stereocenters. The highest BCUT2D eigenvalue weighted by molar-refractivity contribution is 6.31. The van der Waals surface area contributed by atoms with E-state index in [0.717, 1.165) is 5.56 Å². The topological polar surface area (TPSA) is 69.0 Å². The molecule has 1 amide bonds. The lowest BCUT2D eigenvalue weighted by Crippen LogP contribution is -2.29. The molecule has 0 saturated heterocycles. The van der Waals surface area contributed by atoms with Crippen LogP contribution in [0.25, 0.3) is 11.0 Å². The fourth-order valence-electron chi connectivity index (χ4n) is 4.31. The molecule has 4 aromatic rings. The lowest BCUT2D eigenvalue weighted by Gasteiger charge is -2.26. The van der Waals surface area contributed by atoms with Crippen LogP contribution < -0.4 is 14.9 Å². The smallest absolute Gasteiger partial charge is 0.291 e. The number of para-hydroxylation sites is 1. The number of hydrogen-bond donors (Lipinski definition) is 0. The average molecular weight is 462 g/mol. The van der Waals surface area contributed by atoms with Crippen LogP contribution in [0.15, 0.2) is 75.9 Å². The van der Waals surface area contributed by atoms with Crippen LogP contribution in [0, 0.1) is 0 Å². The van der Waals surface area contributed by atoms with Crippen LogP contribution in [0.5, 0.6) is 11.5 Å². The summed E-state index contributed by atoms with van der Waals surface area (Å²) in [6, 6.07) is 18.9. The largest absolute Gasteiger partial charge is 0.493 e. The normalized spacial score (nSPS) is 15.1. The lowest BCUT2D eigenvalue weighted by molar-refractivity contribution is 0.0714. The number of halogens is 1. The number of fused-ring (bicyclic) bond motifs is 2. The Hall–Kier alpha value is -3.77. The van der Waals surface area contributed by atoms with E-state index in [4.69, 9.17) is 25.5 Å². The Morgan fingerprint density at radius 1 is 0.939 bits per heavy atom. The molecule has 1 aliphatic rings. The van der Waals surface area contributed by atoms with E-state index >= 15 is 0 Å². The van der Waals surface area contributed by atoms with Gasteiger partial charge in [-0.15, -0.1) is 0 Å². The van der Waals surface area contributed by atoms with Crippen LogP contribution >= 0.6 is 11.6 Å². The van der Waals surface area contributed by atoms with E-state index in [9.17, 15) is 9.59 Å². The molecule has 6 nitrogen and oxygen atoms in total. The summed E-state index contributed by atoms with van der Waals surface area (Å²) in [6.07, 6.45) is 0. The van der Waals surface area contributed by atoms with Crippen molar-refractivity contribution in [3.8, 4) is 11.5 Å². The van der Waals surface area contributed by atoms with E-state index in [1.165, 1.54) is 0 Å². The molecule has 33 heavy (non-hydrogen) atoms. The Bertz CT molecular complexity index is 1440. The zero-order chi connectivity index (χ0) is 23.1. The molecule has 7 heteroatoms. The molecule has 1 atom stereocenters. The first-order valence-corrected chi connectivity index (χ1v) is 10.7. The minimum Gasteiger partial charge on any atom is -0.493 e. The first-order valence-electron chi connectivity index (χ1n) is 10.4. The summed E-state index contributed by atoms with van der Waals surface area (Å²) >= 11 is 6.40. The van der Waals surface area contributed by atoms with Crippen molar-refractivity contribution in [1.29, 1.82) is 0 Å². The molecule has 1 aliphatic heterocycles. The van der Waals surface area contributed by atoms with Crippen LogP contribution in [-0.4, -0.2) is 25.0 Å². The number of benzene rings is 3. The zero-order valence-electron chi connectivity index (χ0n) is 18.0. The lowest BCUT2D eigenvalue weighted by atomic mass is 9.97. The average Bonchev–Trinajstić information content (AvgIpc) is 3.12. The third kappa shape index (κ3) is 3.43. The fraction of sp³-hybridized carbons (Fsp3) is 0.154. The predicted octanol–water partition coefficient (Wildman–Crippen LogP) is 5.21. The van der Waals surface area contributed by atoms with Gasteiger partial charge in [0.1, 0.15) is 5.58 Å². The summed E-state index contributed by atoms with van der Waals surface area (Å²) < 4.78 is 16.8.